The third-order valence-electron chi connectivity index (χ3n) is 3.55. The second-order valence-electron chi connectivity index (χ2n) is 5.50. The van der Waals surface area contributed by atoms with E-state index < -0.39 is 0 Å². The highest BCUT2D eigenvalue weighted by molar-refractivity contribution is 5.99. The van der Waals surface area contributed by atoms with Crippen LogP contribution in [0.5, 0.6) is 5.75 Å². The van der Waals surface area contributed by atoms with E-state index in [1.807, 2.05) is 13.8 Å². The summed E-state index contributed by atoms with van der Waals surface area (Å²) >= 11 is 0. The molecule has 1 aromatic carbocycles. The van der Waals surface area contributed by atoms with Crippen molar-refractivity contribution in [3.8, 4) is 5.75 Å². The Bertz CT molecular complexity index is 456. The van der Waals surface area contributed by atoms with Gasteiger partial charge >= 0.3 is 0 Å². The van der Waals surface area contributed by atoms with Crippen LogP contribution in [0.3, 0.4) is 0 Å². The monoisotopic (exact) mass is 249 g/mol. The molecule has 0 radical (unpaired) electrons. The molecular weight excluding hydrogens is 229 g/mol. The lowest BCUT2D eigenvalue weighted by molar-refractivity contribution is 0.279. The van der Waals surface area contributed by atoms with E-state index >= 15 is 0 Å². The number of hydrogen-bond donors (Lipinski definition) is 1. The average Bonchev–Trinajstić information content (AvgIpc) is 3.03. The molecule has 0 amide bonds. The summed E-state index contributed by atoms with van der Waals surface area (Å²) in [5, 5.41) is 7.93. The Morgan fingerprint density at radius 2 is 2.17 bits per heavy atom. The van der Waals surface area contributed by atoms with Crippen LogP contribution in [0.2, 0.25) is 0 Å². The van der Waals surface area contributed by atoms with E-state index in [-0.39, 0.29) is 17.5 Å². The quantitative estimate of drug-likeness (QED) is 0.789. The van der Waals surface area contributed by atoms with Crippen molar-refractivity contribution in [3.63, 3.8) is 0 Å². The topological polar surface area (TPSA) is 33.1 Å². The molecule has 98 valence electrons. The van der Waals surface area contributed by atoms with Gasteiger partial charge in [0.2, 0.25) is 0 Å². The molecule has 2 rings (SSSR count). The van der Waals surface area contributed by atoms with Crippen LogP contribution in [-0.4, -0.2) is 12.3 Å². The van der Waals surface area contributed by atoms with Gasteiger partial charge in [-0.1, -0.05) is 20.8 Å². The Hall–Kier alpha value is -1.38. The highest BCUT2D eigenvalue weighted by Gasteiger charge is 2.33. The third-order valence-corrected chi connectivity index (χ3v) is 3.55. The molecule has 2 atom stereocenters. The smallest absolute Gasteiger partial charge is 0.165 e. The number of ether oxygens (including phenoxy) is 1. The Morgan fingerprint density at radius 1 is 1.50 bits per heavy atom. The summed E-state index contributed by atoms with van der Waals surface area (Å²) in [4.78, 5) is 0. The molecule has 3 heteroatoms. The lowest BCUT2D eigenvalue weighted by atomic mass is 10.00. The number of benzene rings is 1. The third kappa shape index (κ3) is 2.89. The van der Waals surface area contributed by atoms with Gasteiger partial charge in [-0.05, 0) is 47.9 Å². The van der Waals surface area contributed by atoms with Gasteiger partial charge in [0.1, 0.15) is 0 Å². The zero-order chi connectivity index (χ0) is 13.3. The predicted molar refractivity (Wildman–Crippen MR) is 70.8 cm³/mol. The minimum absolute atomic E-state index is 0.131. The SMILES string of the molecule is CC(C)C(=N)c1ccc(F)c(OCC2CC2C)c1. The molecule has 18 heavy (non-hydrogen) atoms. The maximum absolute atomic E-state index is 13.6. The van der Waals surface area contributed by atoms with Gasteiger partial charge in [-0.3, -0.25) is 0 Å². The number of hydrogen-bond acceptors (Lipinski definition) is 2. The number of halogens is 1. The van der Waals surface area contributed by atoms with Crippen molar-refractivity contribution >= 4 is 5.71 Å². The Morgan fingerprint density at radius 3 is 2.72 bits per heavy atom. The average molecular weight is 249 g/mol. The van der Waals surface area contributed by atoms with Gasteiger partial charge in [-0.25, -0.2) is 4.39 Å². The van der Waals surface area contributed by atoms with Crippen LogP contribution in [0, 0.1) is 29.0 Å². The number of nitrogens with one attached hydrogen (secondary N) is 1. The van der Waals surface area contributed by atoms with Crippen molar-refractivity contribution in [2.24, 2.45) is 17.8 Å². The Balaban J connectivity index is 2.08. The van der Waals surface area contributed by atoms with Gasteiger partial charge in [-0.2, -0.15) is 0 Å². The second-order valence-corrected chi connectivity index (χ2v) is 5.50. The van der Waals surface area contributed by atoms with Crippen LogP contribution in [0.4, 0.5) is 4.39 Å². The summed E-state index contributed by atoms with van der Waals surface area (Å²) in [6, 6.07) is 4.67. The van der Waals surface area contributed by atoms with Gasteiger partial charge in [0, 0.05) is 5.71 Å². The summed E-state index contributed by atoms with van der Waals surface area (Å²) < 4.78 is 19.1. The fourth-order valence-electron chi connectivity index (χ4n) is 1.94. The molecule has 1 N–H and O–H groups in total. The summed E-state index contributed by atoms with van der Waals surface area (Å²) in [6.45, 7) is 6.67. The molecule has 0 bridgehead atoms. The minimum atomic E-state index is -0.344. The Kier molecular flexibility index (Phi) is 3.69. The molecule has 1 aliphatic rings. The van der Waals surface area contributed by atoms with Crippen molar-refractivity contribution in [1.82, 2.24) is 0 Å². The summed E-state index contributed by atoms with van der Waals surface area (Å²) in [5.74, 6) is 1.33. The van der Waals surface area contributed by atoms with Gasteiger partial charge < -0.3 is 10.1 Å². The molecule has 1 fully saturated rings. The number of rotatable bonds is 5. The van der Waals surface area contributed by atoms with Gasteiger partial charge in [0.25, 0.3) is 0 Å². The van der Waals surface area contributed by atoms with E-state index in [4.69, 9.17) is 10.1 Å². The fraction of sp³-hybridized carbons (Fsp3) is 0.533. The van der Waals surface area contributed by atoms with Gasteiger partial charge in [0.15, 0.2) is 11.6 Å². The zero-order valence-electron chi connectivity index (χ0n) is 11.2. The van der Waals surface area contributed by atoms with Crippen LogP contribution < -0.4 is 4.74 Å². The van der Waals surface area contributed by atoms with Crippen LogP contribution in [0.25, 0.3) is 0 Å². The molecule has 0 aromatic heterocycles. The van der Waals surface area contributed by atoms with Crippen LogP contribution in [-0.2, 0) is 0 Å². The van der Waals surface area contributed by atoms with E-state index in [1.165, 1.54) is 12.5 Å². The zero-order valence-corrected chi connectivity index (χ0v) is 11.2. The van der Waals surface area contributed by atoms with Crippen molar-refractivity contribution in [2.45, 2.75) is 27.2 Å². The first-order valence-electron chi connectivity index (χ1n) is 6.50. The van der Waals surface area contributed by atoms with E-state index in [0.29, 0.717) is 24.2 Å². The lowest BCUT2D eigenvalue weighted by Gasteiger charge is -2.11. The van der Waals surface area contributed by atoms with Crippen molar-refractivity contribution < 1.29 is 9.13 Å². The normalized spacial score (nSPS) is 22.1. The van der Waals surface area contributed by atoms with E-state index in [1.54, 1.807) is 12.1 Å². The van der Waals surface area contributed by atoms with E-state index in [2.05, 4.69) is 6.92 Å². The van der Waals surface area contributed by atoms with Crippen LogP contribution >= 0.6 is 0 Å². The fourth-order valence-corrected chi connectivity index (χ4v) is 1.94. The summed E-state index contributed by atoms with van der Waals surface area (Å²) in [5.41, 5.74) is 1.25. The first-order valence-corrected chi connectivity index (χ1v) is 6.50. The van der Waals surface area contributed by atoms with Crippen molar-refractivity contribution in [1.29, 1.82) is 5.41 Å². The first kappa shape index (κ1) is 13.1. The molecule has 2 nitrogen and oxygen atoms in total. The van der Waals surface area contributed by atoms with E-state index in [0.717, 1.165) is 5.56 Å². The maximum atomic E-state index is 13.6. The lowest BCUT2D eigenvalue weighted by Crippen LogP contribution is -2.09. The first-order chi connectivity index (χ1) is 8.49. The maximum Gasteiger partial charge on any atom is 0.165 e. The summed E-state index contributed by atoms with van der Waals surface area (Å²) in [7, 11) is 0. The molecule has 0 spiro atoms. The standard InChI is InChI=1S/C15H20FNO/c1-9(2)15(17)11-4-5-13(16)14(7-11)18-8-12-6-10(12)3/h4-5,7,9-10,12,17H,6,8H2,1-3H3. The predicted octanol–water partition coefficient (Wildman–Crippen LogP) is 3.88. The molecule has 0 saturated heterocycles. The molecule has 0 aliphatic heterocycles. The molecule has 1 saturated carbocycles. The van der Waals surface area contributed by atoms with Gasteiger partial charge in [0.05, 0.1) is 6.61 Å². The molecule has 1 aromatic rings. The minimum Gasteiger partial charge on any atom is -0.490 e. The molecular formula is C15H20FNO. The second kappa shape index (κ2) is 5.09. The van der Waals surface area contributed by atoms with Crippen LogP contribution in [0.1, 0.15) is 32.8 Å². The molecule has 2 unspecified atom stereocenters. The van der Waals surface area contributed by atoms with Crippen molar-refractivity contribution in [3.05, 3.63) is 29.6 Å². The summed E-state index contributed by atoms with van der Waals surface area (Å²) in [6.07, 6.45) is 1.17. The molecule has 0 heterocycles. The highest BCUT2D eigenvalue weighted by atomic mass is 19.1. The van der Waals surface area contributed by atoms with Crippen molar-refractivity contribution in [2.75, 3.05) is 6.61 Å². The van der Waals surface area contributed by atoms with Gasteiger partial charge in [-0.15, -0.1) is 0 Å². The van der Waals surface area contributed by atoms with Crippen LogP contribution in [0.15, 0.2) is 18.2 Å². The largest absolute Gasteiger partial charge is 0.490 e. The highest BCUT2D eigenvalue weighted by Crippen LogP contribution is 2.38. The molecule has 1 aliphatic carbocycles. The Labute approximate surface area is 108 Å². The van der Waals surface area contributed by atoms with E-state index in [9.17, 15) is 4.39 Å².